The van der Waals surface area contributed by atoms with Crippen LogP contribution in [0.1, 0.15) is 63.6 Å². The Labute approximate surface area is 427 Å². The summed E-state index contributed by atoms with van der Waals surface area (Å²) in [6, 6.07) is 24.9. The number of anilines is 4. The fraction of sp³-hybridized carbons (Fsp3) is 0.321. The van der Waals surface area contributed by atoms with Crippen molar-refractivity contribution >= 4 is 68.4 Å². The van der Waals surface area contributed by atoms with Gasteiger partial charge < -0.3 is 77.1 Å². The fourth-order valence-electron chi connectivity index (χ4n) is 9.12. The second-order valence-electron chi connectivity index (χ2n) is 18.5. The van der Waals surface area contributed by atoms with Crippen molar-refractivity contribution in [2.75, 3.05) is 80.3 Å². The van der Waals surface area contributed by atoms with Crippen molar-refractivity contribution in [2.45, 2.75) is 51.7 Å². The van der Waals surface area contributed by atoms with Gasteiger partial charge in [-0.1, -0.05) is 12.1 Å². The summed E-state index contributed by atoms with van der Waals surface area (Å²) in [7, 11) is 2.16. The zero-order valence-electron chi connectivity index (χ0n) is 41.5. The molecule has 0 radical (unpaired) electrons. The summed E-state index contributed by atoms with van der Waals surface area (Å²) in [4.78, 5) is 74.3. The molecule has 3 aromatic carbocycles. The molecule has 4 amide bonds. The first-order valence-electron chi connectivity index (χ1n) is 25.0. The van der Waals surface area contributed by atoms with Crippen LogP contribution < -0.4 is 48.5 Å². The molecule has 0 atom stereocenters. The summed E-state index contributed by atoms with van der Waals surface area (Å²) < 4.78 is 11.2. The molecule has 9 rings (SSSR count). The third kappa shape index (κ3) is 12.0. The van der Waals surface area contributed by atoms with Gasteiger partial charge in [0.2, 0.25) is 5.91 Å². The summed E-state index contributed by atoms with van der Waals surface area (Å²) in [5.74, 6) is 0.354. The molecule has 386 valence electrons. The van der Waals surface area contributed by atoms with E-state index in [4.69, 9.17) is 37.6 Å². The Kier molecular flexibility index (Phi) is 15.8. The molecule has 1 aliphatic heterocycles. The van der Waals surface area contributed by atoms with Crippen LogP contribution in [0, 0.1) is 0 Å². The molecular weight excluding hydrogens is 941 g/mol. The van der Waals surface area contributed by atoms with Gasteiger partial charge in [-0.3, -0.25) is 19.2 Å². The number of fused-ring (bicyclic) bond motifs is 2. The summed E-state index contributed by atoms with van der Waals surface area (Å²) in [6.45, 7) is 6.88. The third-order valence-electron chi connectivity index (χ3n) is 13.0. The van der Waals surface area contributed by atoms with Gasteiger partial charge in [0, 0.05) is 87.6 Å². The van der Waals surface area contributed by atoms with Crippen LogP contribution in [-0.2, 0) is 24.4 Å². The lowest BCUT2D eigenvalue weighted by Gasteiger charge is -2.34. The number of aromatic amines is 2. The summed E-state index contributed by atoms with van der Waals surface area (Å²) >= 11 is 0. The first kappa shape index (κ1) is 50.7. The molecule has 21 heteroatoms. The van der Waals surface area contributed by atoms with Gasteiger partial charge in [0.05, 0.1) is 45.7 Å². The van der Waals surface area contributed by atoms with Crippen LogP contribution in [0.2, 0.25) is 0 Å². The van der Waals surface area contributed by atoms with E-state index in [1.165, 1.54) is 11.8 Å². The van der Waals surface area contributed by atoms with Crippen molar-refractivity contribution in [2.24, 2.45) is 22.9 Å². The molecule has 0 unspecified atom stereocenters. The number of rotatable bonds is 23. The summed E-state index contributed by atoms with van der Waals surface area (Å²) in [5.41, 5.74) is 31.5. The molecule has 1 aliphatic rings. The number of imidazole rings is 2. The number of carbonyl (C=O) groups is 4. The molecule has 13 N–H and O–H groups in total. The van der Waals surface area contributed by atoms with Gasteiger partial charge in [-0.15, -0.1) is 0 Å². The maximum absolute atomic E-state index is 13.8. The number of hydrogen-bond donors (Lipinski definition) is 9. The highest BCUT2D eigenvalue weighted by Gasteiger charge is 2.22. The SMILES string of the molecule is CN1CCN(c2ccc3nc(-c4ccc5nc(-c6cccc(OCCCC(=O)Nc7cc(C(=O)Nc8cc(C(=O)Nc9cc(C(N)=O)n(CCCN)c9)n(CCCN)c8)n(CCCN)c7)c6)[nH]c5c4)[nH]c3c2)CC1. The highest BCUT2D eigenvalue weighted by molar-refractivity contribution is 6.08. The number of ether oxygens (including phenoxy) is 1. The predicted octanol–water partition coefficient (Wildman–Crippen LogP) is 5.38. The molecule has 74 heavy (non-hydrogen) atoms. The molecule has 0 saturated carbocycles. The number of carbonyl (C=O) groups excluding carboxylic acids is 4. The highest BCUT2D eigenvalue weighted by Crippen LogP contribution is 2.30. The molecule has 1 fully saturated rings. The minimum atomic E-state index is -0.632. The van der Waals surface area contributed by atoms with Gasteiger partial charge in [0.1, 0.15) is 34.5 Å². The smallest absolute Gasteiger partial charge is 0.272 e. The maximum Gasteiger partial charge on any atom is 0.272 e. The van der Waals surface area contributed by atoms with Crippen LogP contribution in [0.25, 0.3) is 44.8 Å². The molecule has 8 aromatic rings. The number of benzene rings is 3. The van der Waals surface area contributed by atoms with Crippen LogP contribution in [0.4, 0.5) is 22.7 Å². The van der Waals surface area contributed by atoms with Gasteiger partial charge >= 0.3 is 0 Å². The Hall–Kier alpha value is -8.24. The van der Waals surface area contributed by atoms with E-state index in [9.17, 15) is 19.2 Å². The Bertz CT molecular complexity index is 3280. The van der Waals surface area contributed by atoms with Gasteiger partial charge in [-0.25, -0.2) is 9.97 Å². The number of likely N-dealkylation sites (N-methyl/N-ethyl adjacent to an activating group) is 1. The summed E-state index contributed by atoms with van der Waals surface area (Å²) in [6.07, 6.45) is 7.40. The zero-order chi connectivity index (χ0) is 51.7. The van der Waals surface area contributed by atoms with E-state index in [1.807, 2.05) is 36.4 Å². The van der Waals surface area contributed by atoms with Crippen molar-refractivity contribution < 1.29 is 23.9 Å². The fourth-order valence-corrected chi connectivity index (χ4v) is 9.12. The topological polar surface area (TPSA) is 296 Å². The number of hydrogen-bond acceptors (Lipinski definition) is 12. The highest BCUT2D eigenvalue weighted by atomic mass is 16.5. The number of nitrogens with one attached hydrogen (secondary N) is 5. The molecule has 6 heterocycles. The average molecular weight is 1010 g/mol. The quantitative estimate of drug-likeness (QED) is 0.0365. The molecular formula is C53H64N16O5. The van der Waals surface area contributed by atoms with E-state index >= 15 is 0 Å². The van der Waals surface area contributed by atoms with Gasteiger partial charge in [-0.2, -0.15) is 0 Å². The minimum absolute atomic E-state index is 0.174. The van der Waals surface area contributed by atoms with Gasteiger partial charge in [-0.05, 0) is 119 Å². The number of nitrogens with zero attached hydrogens (tertiary/aromatic N) is 7. The Balaban J connectivity index is 0.792. The average Bonchev–Trinajstić information content (AvgIpc) is 4.26. The van der Waals surface area contributed by atoms with Crippen molar-refractivity contribution in [3.05, 3.63) is 115 Å². The molecule has 0 spiro atoms. The molecule has 21 nitrogen and oxygen atoms in total. The lowest BCUT2D eigenvalue weighted by atomic mass is 10.2. The number of aryl methyl sites for hydroxylation is 3. The van der Waals surface area contributed by atoms with E-state index in [-0.39, 0.29) is 23.7 Å². The molecule has 0 bridgehead atoms. The first-order valence-corrected chi connectivity index (χ1v) is 25.0. The van der Waals surface area contributed by atoms with Crippen molar-refractivity contribution in [3.63, 3.8) is 0 Å². The van der Waals surface area contributed by atoms with E-state index in [0.717, 1.165) is 65.2 Å². The lowest BCUT2D eigenvalue weighted by molar-refractivity contribution is -0.116. The van der Waals surface area contributed by atoms with Crippen LogP contribution in [0.3, 0.4) is 0 Å². The Morgan fingerprint density at radius 3 is 1.72 bits per heavy atom. The zero-order valence-corrected chi connectivity index (χ0v) is 41.5. The van der Waals surface area contributed by atoms with Gasteiger partial charge in [0.15, 0.2) is 0 Å². The van der Waals surface area contributed by atoms with Crippen molar-refractivity contribution in [1.29, 1.82) is 0 Å². The van der Waals surface area contributed by atoms with E-state index < -0.39 is 17.7 Å². The first-order chi connectivity index (χ1) is 35.9. The number of primary amides is 1. The van der Waals surface area contributed by atoms with Crippen LogP contribution in [0.15, 0.2) is 97.5 Å². The second-order valence-corrected chi connectivity index (χ2v) is 18.5. The number of amides is 4. The lowest BCUT2D eigenvalue weighted by Crippen LogP contribution is -2.44. The predicted molar refractivity (Wildman–Crippen MR) is 288 cm³/mol. The molecule has 5 aromatic heterocycles. The largest absolute Gasteiger partial charge is 0.494 e. The number of aromatic nitrogens is 7. The van der Waals surface area contributed by atoms with E-state index in [2.05, 4.69) is 67.0 Å². The van der Waals surface area contributed by atoms with Crippen LogP contribution >= 0.6 is 0 Å². The monoisotopic (exact) mass is 1000 g/mol. The van der Waals surface area contributed by atoms with Gasteiger partial charge in [0.25, 0.3) is 17.7 Å². The van der Waals surface area contributed by atoms with Crippen LogP contribution in [-0.4, -0.2) is 122 Å². The molecule has 1 saturated heterocycles. The Morgan fingerprint density at radius 1 is 0.608 bits per heavy atom. The minimum Gasteiger partial charge on any atom is -0.494 e. The normalized spacial score (nSPS) is 12.9. The van der Waals surface area contributed by atoms with Crippen molar-refractivity contribution in [3.8, 4) is 28.5 Å². The maximum atomic E-state index is 13.8. The Morgan fingerprint density at radius 2 is 1.14 bits per heavy atom. The standard InChI is InChI=1S/C53H64N16O5/c1-65-20-22-66(23-21-65)39-11-13-42-44(30-39)64-51(62-42)35-10-12-41-43(26-35)63-50(61-41)34-7-2-8-40(25-34)74-24-3-9-48(70)58-36-28-46(68(31-36)18-5-15-55)52(72)60-38-29-47(69(33-38)19-6-16-56)53(73)59-37-27-45(49(57)71)67(32-37)17-4-14-54/h2,7-8,10-13,25-33H,3-6,9,14-24,54-56H2,1H3,(H2,57,71)(H,58,70)(H,59,73)(H,60,72)(H,61,63)(H,62,64). The summed E-state index contributed by atoms with van der Waals surface area (Å²) in [5, 5.41) is 8.67. The number of H-pyrrole nitrogens is 2. The number of nitrogens with two attached hydrogens (primary N) is 4. The van der Waals surface area contributed by atoms with Crippen molar-refractivity contribution in [1.82, 2.24) is 38.5 Å². The number of piperazine rings is 1. The van der Waals surface area contributed by atoms with Crippen LogP contribution in [0.5, 0.6) is 5.75 Å². The third-order valence-corrected chi connectivity index (χ3v) is 13.0. The molecule has 0 aliphatic carbocycles. The van der Waals surface area contributed by atoms with E-state index in [1.54, 1.807) is 44.4 Å². The van der Waals surface area contributed by atoms with E-state index in [0.29, 0.717) is 106 Å². The second kappa shape index (κ2) is 23.1.